The lowest BCUT2D eigenvalue weighted by molar-refractivity contribution is -0.133. The summed E-state index contributed by atoms with van der Waals surface area (Å²) < 4.78 is 4.85. The van der Waals surface area contributed by atoms with Crippen molar-refractivity contribution in [2.45, 2.75) is 17.7 Å². The zero-order valence-corrected chi connectivity index (χ0v) is 15.1. The molecule has 2 heterocycles. The van der Waals surface area contributed by atoms with Crippen molar-refractivity contribution in [1.82, 2.24) is 9.80 Å². The first-order valence-electron chi connectivity index (χ1n) is 8.46. The van der Waals surface area contributed by atoms with Gasteiger partial charge in [0.05, 0.1) is 6.54 Å². The Kier molecular flexibility index (Phi) is 5.63. The average Bonchev–Trinajstić information content (AvgIpc) is 3.06. The number of carbonyl (C=O) groups is 3. The Morgan fingerprint density at radius 2 is 2.00 bits per heavy atom. The molecule has 3 rings (SSSR count). The van der Waals surface area contributed by atoms with Gasteiger partial charge in [0.1, 0.15) is 13.2 Å². The third-order valence-electron chi connectivity index (χ3n) is 4.69. The van der Waals surface area contributed by atoms with Crippen molar-refractivity contribution in [3.63, 3.8) is 0 Å². The number of carbonyl (C=O) groups excluding carboxylic acids is 3. The summed E-state index contributed by atoms with van der Waals surface area (Å²) in [6.45, 7) is 1.87. The molecule has 25 heavy (non-hydrogen) atoms. The molecule has 2 amide bonds. The van der Waals surface area contributed by atoms with Crippen LogP contribution in [0.3, 0.4) is 0 Å². The van der Waals surface area contributed by atoms with Gasteiger partial charge in [0, 0.05) is 29.5 Å². The summed E-state index contributed by atoms with van der Waals surface area (Å²) in [5, 5.41) is 0. The molecule has 0 N–H and O–H groups in total. The summed E-state index contributed by atoms with van der Waals surface area (Å²) in [6.07, 6.45) is 3.15. The number of Topliss-reactive ketones (excluding diaryl/α,β-unsaturated/α-hetero) is 1. The summed E-state index contributed by atoms with van der Waals surface area (Å²) in [6, 6.07) is 7.61. The fourth-order valence-corrected chi connectivity index (χ4v) is 3.65. The van der Waals surface area contributed by atoms with Crippen LogP contribution in [0, 0.1) is 5.92 Å². The highest BCUT2D eigenvalue weighted by Gasteiger charge is 2.31. The minimum absolute atomic E-state index is 0.0299. The van der Waals surface area contributed by atoms with Crippen molar-refractivity contribution in [1.29, 1.82) is 0 Å². The van der Waals surface area contributed by atoms with Gasteiger partial charge >= 0.3 is 6.09 Å². The van der Waals surface area contributed by atoms with E-state index in [1.54, 1.807) is 16.7 Å². The molecule has 0 radical (unpaired) electrons. The number of thioether (sulfide) groups is 1. The van der Waals surface area contributed by atoms with E-state index in [-0.39, 0.29) is 24.2 Å². The topological polar surface area (TPSA) is 66.9 Å². The van der Waals surface area contributed by atoms with Crippen LogP contribution >= 0.6 is 11.8 Å². The van der Waals surface area contributed by atoms with Gasteiger partial charge in [-0.1, -0.05) is 12.1 Å². The minimum atomic E-state index is -0.438. The first-order chi connectivity index (χ1) is 12.1. The van der Waals surface area contributed by atoms with E-state index in [4.69, 9.17) is 4.74 Å². The Morgan fingerprint density at radius 3 is 2.64 bits per heavy atom. The van der Waals surface area contributed by atoms with Gasteiger partial charge in [-0.15, -0.1) is 11.8 Å². The van der Waals surface area contributed by atoms with Crippen molar-refractivity contribution in [3.05, 3.63) is 29.8 Å². The van der Waals surface area contributed by atoms with E-state index in [2.05, 4.69) is 0 Å². The first-order valence-corrected chi connectivity index (χ1v) is 9.68. The number of likely N-dealkylation sites (tertiary alicyclic amines) is 1. The Labute approximate surface area is 151 Å². The second kappa shape index (κ2) is 7.91. The molecule has 2 aliphatic rings. The third kappa shape index (κ3) is 4.15. The molecular formula is C18H22N2O4S. The van der Waals surface area contributed by atoms with E-state index in [1.807, 2.05) is 30.5 Å². The molecule has 1 atom stereocenters. The molecule has 0 unspecified atom stereocenters. The number of benzene rings is 1. The van der Waals surface area contributed by atoms with Crippen LogP contribution in [0.25, 0.3) is 0 Å². The van der Waals surface area contributed by atoms with Gasteiger partial charge in [0.2, 0.25) is 5.91 Å². The molecule has 1 aromatic carbocycles. The van der Waals surface area contributed by atoms with E-state index in [0.717, 1.165) is 17.7 Å². The molecule has 2 fully saturated rings. The molecule has 0 bridgehead atoms. The average molecular weight is 362 g/mol. The van der Waals surface area contributed by atoms with E-state index in [0.29, 0.717) is 31.8 Å². The van der Waals surface area contributed by atoms with E-state index in [9.17, 15) is 14.4 Å². The van der Waals surface area contributed by atoms with Crippen LogP contribution in [0.5, 0.6) is 0 Å². The van der Waals surface area contributed by atoms with Gasteiger partial charge in [0.25, 0.3) is 0 Å². The van der Waals surface area contributed by atoms with Crippen molar-refractivity contribution in [3.8, 4) is 0 Å². The van der Waals surface area contributed by atoms with Gasteiger partial charge < -0.3 is 9.64 Å². The summed E-state index contributed by atoms with van der Waals surface area (Å²) in [4.78, 5) is 40.9. The second-order valence-electron chi connectivity index (χ2n) is 6.31. The number of amides is 2. The lowest BCUT2D eigenvalue weighted by atomic mass is 9.90. The number of nitrogens with zero attached hydrogens (tertiary/aromatic N) is 2. The van der Waals surface area contributed by atoms with Crippen LogP contribution in [0.2, 0.25) is 0 Å². The number of cyclic esters (lactones) is 1. The monoisotopic (exact) mass is 362 g/mol. The van der Waals surface area contributed by atoms with E-state index < -0.39 is 6.09 Å². The highest BCUT2D eigenvalue weighted by atomic mass is 32.2. The molecule has 0 aromatic heterocycles. The number of ether oxygens (including phenoxy) is 1. The predicted octanol–water partition coefficient (Wildman–Crippen LogP) is 2.28. The number of ketones is 1. The molecule has 6 nitrogen and oxygen atoms in total. The number of hydrogen-bond acceptors (Lipinski definition) is 5. The van der Waals surface area contributed by atoms with Crippen molar-refractivity contribution >= 4 is 29.5 Å². The first kappa shape index (κ1) is 17.8. The highest BCUT2D eigenvalue weighted by molar-refractivity contribution is 7.98. The fourth-order valence-electron chi connectivity index (χ4n) is 3.24. The normalized spacial score (nSPS) is 20.5. The zero-order valence-electron chi connectivity index (χ0n) is 14.3. The lowest BCUT2D eigenvalue weighted by Crippen LogP contribution is -2.46. The van der Waals surface area contributed by atoms with Gasteiger partial charge in [-0.3, -0.25) is 14.5 Å². The Morgan fingerprint density at radius 1 is 1.24 bits per heavy atom. The van der Waals surface area contributed by atoms with Crippen molar-refractivity contribution < 1.29 is 19.1 Å². The second-order valence-corrected chi connectivity index (χ2v) is 7.19. The van der Waals surface area contributed by atoms with Gasteiger partial charge in [0.15, 0.2) is 5.78 Å². The molecular weight excluding hydrogens is 340 g/mol. The molecule has 1 aromatic rings. The van der Waals surface area contributed by atoms with E-state index in [1.165, 1.54) is 4.90 Å². The molecule has 2 saturated heterocycles. The predicted molar refractivity (Wildman–Crippen MR) is 94.8 cm³/mol. The van der Waals surface area contributed by atoms with Crippen molar-refractivity contribution in [2.24, 2.45) is 5.92 Å². The summed E-state index contributed by atoms with van der Waals surface area (Å²) in [5.41, 5.74) is 0.695. The zero-order chi connectivity index (χ0) is 17.8. The van der Waals surface area contributed by atoms with Crippen molar-refractivity contribution in [2.75, 3.05) is 39.0 Å². The van der Waals surface area contributed by atoms with Crippen LogP contribution < -0.4 is 0 Å². The maximum atomic E-state index is 12.7. The molecule has 7 heteroatoms. The SMILES string of the molecule is CSc1ccc(C(=O)[C@@H]2CCCN(C(=O)CN3CCOC3=O)C2)cc1. The van der Waals surface area contributed by atoms with Crippen LogP contribution in [0.15, 0.2) is 29.2 Å². The molecule has 0 saturated carbocycles. The number of rotatable bonds is 5. The quantitative estimate of drug-likeness (QED) is 0.594. The van der Waals surface area contributed by atoms with Gasteiger partial charge in [-0.2, -0.15) is 0 Å². The minimum Gasteiger partial charge on any atom is -0.448 e. The maximum Gasteiger partial charge on any atom is 0.410 e. The van der Waals surface area contributed by atoms with Gasteiger partial charge in [-0.25, -0.2) is 4.79 Å². The largest absolute Gasteiger partial charge is 0.448 e. The van der Waals surface area contributed by atoms with Crippen LogP contribution in [-0.2, 0) is 9.53 Å². The highest BCUT2D eigenvalue weighted by Crippen LogP contribution is 2.23. The molecule has 0 spiro atoms. The summed E-state index contributed by atoms with van der Waals surface area (Å²) >= 11 is 1.64. The summed E-state index contributed by atoms with van der Waals surface area (Å²) in [7, 11) is 0. The maximum absolute atomic E-state index is 12.7. The van der Waals surface area contributed by atoms with Gasteiger partial charge in [-0.05, 0) is 31.2 Å². The number of hydrogen-bond donors (Lipinski definition) is 0. The van der Waals surface area contributed by atoms with Crippen LogP contribution in [0.1, 0.15) is 23.2 Å². The summed E-state index contributed by atoms with van der Waals surface area (Å²) in [5.74, 6) is -0.205. The smallest absolute Gasteiger partial charge is 0.410 e. The third-order valence-corrected chi connectivity index (χ3v) is 5.43. The Hall–Kier alpha value is -2.02. The fraction of sp³-hybridized carbons (Fsp3) is 0.500. The molecule has 0 aliphatic carbocycles. The Balaban J connectivity index is 1.60. The molecule has 2 aliphatic heterocycles. The Bertz CT molecular complexity index is 662. The van der Waals surface area contributed by atoms with E-state index >= 15 is 0 Å². The molecule has 134 valence electrons. The number of piperidine rings is 1. The van der Waals surface area contributed by atoms with Crippen LogP contribution in [-0.4, -0.2) is 66.6 Å². The standard InChI is InChI=1S/C18H22N2O4S/c1-25-15-6-4-13(5-7-15)17(22)14-3-2-8-19(11-14)16(21)12-20-9-10-24-18(20)23/h4-7,14H,2-3,8-12H2,1H3/t14-/m1/s1. The lowest BCUT2D eigenvalue weighted by Gasteiger charge is -2.32. The van der Waals surface area contributed by atoms with Crippen LogP contribution in [0.4, 0.5) is 4.79 Å².